The summed E-state index contributed by atoms with van der Waals surface area (Å²) in [6.45, 7) is 5.58. The Morgan fingerprint density at radius 3 is 2.62 bits per heavy atom. The maximum Gasteiger partial charge on any atom is 0.332 e. The average Bonchev–Trinajstić information content (AvgIpc) is 2.12. The first-order valence-corrected chi connectivity index (χ1v) is 5.96. The van der Waals surface area contributed by atoms with Crippen LogP contribution in [0.4, 0.5) is 0 Å². The molecule has 1 aliphatic carbocycles. The van der Waals surface area contributed by atoms with Gasteiger partial charge in [0.15, 0.2) is 0 Å². The highest BCUT2D eigenvalue weighted by Gasteiger charge is 2.22. The molecule has 0 amide bonds. The number of hydrogen-bond donors (Lipinski definition) is 1. The summed E-state index contributed by atoms with van der Waals surface area (Å²) in [7, 11) is 0. The van der Waals surface area contributed by atoms with E-state index in [0.717, 1.165) is 25.7 Å². The predicted molar refractivity (Wildman–Crippen MR) is 62.0 cm³/mol. The van der Waals surface area contributed by atoms with Crippen LogP contribution < -0.4 is 5.73 Å². The van der Waals surface area contributed by atoms with Gasteiger partial charge in [-0.05, 0) is 46.5 Å². The number of rotatable bonds is 3. The van der Waals surface area contributed by atoms with Crippen LogP contribution in [-0.2, 0) is 14.3 Å². The van der Waals surface area contributed by atoms with Crippen LogP contribution in [0.3, 0.4) is 0 Å². The van der Waals surface area contributed by atoms with Crippen LogP contribution in [0.5, 0.6) is 0 Å². The van der Waals surface area contributed by atoms with Crippen LogP contribution in [0, 0.1) is 0 Å². The second kappa shape index (κ2) is 5.64. The summed E-state index contributed by atoms with van der Waals surface area (Å²) < 4.78 is 10.7. The lowest BCUT2D eigenvalue weighted by Crippen LogP contribution is -2.34. The van der Waals surface area contributed by atoms with Gasteiger partial charge < -0.3 is 15.2 Å². The van der Waals surface area contributed by atoms with Gasteiger partial charge in [0.2, 0.25) is 0 Å². The molecule has 0 aromatic rings. The van der Waals surface area contributed by atoms with Gasteiger partial charge in [-0.3, -0.25) is 0 Å². The normalized spacial score (nSPS) is 26.5. The molecule has 1 saturated carbocycles. The summed E-state index contributed by atoms with van der Waals surface area (Å²) in [5, 5.41) is 0. The van der Waals surface area contributed by atoms with Crippen molar-refractivity contribution in [2.45, 2.75) is 64.2 Å². The van der Waals surface area contributed by atoms with Crippen molar-refractivity contribution in [1.29, 1.82) is 0 Å². The Kier molecular flexibility index (Phi) is 4.74. The van der Waals surface area contributed by atoms with Crippen molar-refractivity contribution < 1.29 is 14.3 Å². The SMILES string of the molecule is CC(C)(C)OC(=O)CO[C@H]1CCC[C@H](N)C1. The number of esters is 1. The molecule has 0 radical (unpaired) electrons. The molecular formula is C12H23NO3. The molecule has 0 saturated heterocycles. The van der Waals surface area contributed by atoms with Gasteiger partial charge in [-0.2, -0.15) is 0 Å². The zero-order valence-corrected chi connectivity index (χ0v) is 10.5. The van der Waals surface area contributed by atoms with E-state index in [2.05, 4.69) is 0 Å². The van der Waals surface area contributed by atoms with E-state index >= 15 is 0 Å². The average molecular weight is 229 g/mol. The van der Waals surface area contributed by atoms with Crippen molar-refractivity contribution in [2.24, 2.45) is 5.73 Å². The number of nitrogens with two attached hydrogens (primary N) is 1. The molecule has 0 aromatic carbocycles. The van der Waals surface area contributed by atoms with Crippen LogP contribution >= 0.6 is 0 Å². The lowest BCUT2D eigenvalue weighted by atomic mass is 9.94. The van der Waals surface area contributed by atoms with Crippen molar-refractivity contribution >= 4 is 5.97 Å². The quantitative estimate of drug-likeness (QED) is 0.747. The summed E-state index contributed by atoms with van der Waals surface area (Å²) in [6, 6.07) is 0.220. The molecule has 0 bridgehead atoms. The largest absolute Gasteiger partial charge is 0.458 e. The van der Waals surface area contributed by atoms with E-state index in [0.29, 0.717) is 0 Å². The van der Waals surface area contributed by atoms with E-state index in [1.807, 2.05) is 20.8 Å². The molecule has 0 unspecified atom stereocenters. The van der Waals surface area contributed by atoms with Gasteiger partial charge >= 0.3 is 5.97 Å². The molecule has 0 aliphatic heterocycles. The maximum atomic E-state index is 11.4. The fourth-order valence-electron chi connectivity index (χ4n) is 1.89. The van der Waals surface area contributed by atoms with Gasteiger partial charge in [-0.1, -0.05) is 0 Å². The molecule has 16 heavy (non-hydrogen) atoms. The topological polar surface area (TPSA) is 61.5 Å². The number of carbonyl (C=O) groups excluding carboxylic acids is 1. The second-order valence-electron chi connectivity index (χ2n) is 5.45. The highest BCUT2D eigenvalue weighted by molar-refractivity contribution is 5.71. The highest BCUT2D eigenvalue weighted by atomic mass is 16.6. The molecule has 2 atom stereocenters. The van der Waals surface area contributed by atoms with Gasteiger partial charge in [0.25, 0.3) is 0 Å². The molecule has 1 fully saturated rings. The Morgan fingerprint density at radius 1 is 1.38 bits per heavy atom. The minimum atomic E-state index is -0.441. The number of ether oxygens (including phenoxy) is 2. The molecule has 0 spiro atoms. The minimum absolute atomic E-state index is 0.0364. The van der Waals surface area contributed by atoms with Crippen LogP contribution in [0.25, 0.3) is 0 Å². The number of hydrogen-bond acceptors (Lipinski definition) is 4. The van der Waals surface area contributed by atoms with Crippen LogP contribution in [0.2, 0.25) is 0 Å². The fourth-order valence-corrected chi connectivity index (χ4v) is 1.89. The standard InChI is InChI=1S/C12H23NO3/c1-12(2,3)16-11(14)8-15-10-6-4-5-9(13)7-10/h9-10H,4-8,13H2,1-3H3/t9-,10-/m0/s1. The third-order valence-electron chi connectivity index (χ3n) is 2.52. The predicted octanol–water partition coefficient (Wildman–Crippen LogP) is 1.61. The van der Waals surface area contributed by atoms with Gasteiger partial charge in [0, 0.05) is 6.04 Å². The zero-order valence-electron chi connectivity index (χ0n) is 10.5. The Labute approximate surface area is 97.5 Å². The smallest absolute Gasteiger partial charge is 0.332 e. The molecule has 1 rings (SSSR count). The molecule has 1 aliphatic rings. The van der Waals surface area contributed by atoms with Gasteiger partial charge in [-0.15, -0.1) is 0 Å². The van der Waals surface area contributed by atoms with Crippen LogP contribution in [0.15, 0.2) is 0 Å². The fraction of sp³-hybridized carbons (Fsp3) is 0.917. The lowest BCUT2D eigenvalue weighted by Gasteiger charge is -2.27. The van der Waals surface area contributed by atoms with Crippen molar-refractivity contribution in [3.63, 3.8) is 0 Å². The van der Waals surface area contributed by atoms with Crippen molar-refractivity contribution in [2.75, 3.05) is 6.61 Å². The van der Waals surface area contributed by atoms with Crippen molar-refractivity contribution in [1.82, 2.24) is 0 Å². The first-order valence-electron chi connectivity index (χ1n) is 5.96. The minimum Gasteiger partial charge on any atom is -0.458 e. The van der Waals surface area contributed by atoms with Gasteiger partial charge in [-0.25, -0.2) is 4.79 Å². The summed E-state index contributed by atoms with van der Waals surface area (Å²) in [6.07, 6.45) is 4.11. The summed E-state index contributed by atoms with van der Waals surface area (Å²) in [5.74, 6) is -0.299. The molecule has 4 nitrogen and oxygen atoms in total. The van der Waals surface area contributed by atoms with Crippen molar-refractivity contribution in [3.05, 3.63) is 0 Å². The maximum absolute atomic E-state index is 11.4. The molecule has 94 valence electrons. The first kappa shape index (κ1) is 13.5. The molecule has 0 heterocycles. The Balaban J connectivity index is 2.21. The third kappa shape index (κ3) is 5.47. The van der Waals surface area contributed by atoms with E-state index < -0.39 is 5.60 Å². The van der Waals surface area contributed by atoms with E-state index in [1.165, 1.54) is 0 Å². The molecule has 0 aromatic heterocycles. The third-order valence-corrected chi connectivity index (χ3v) is 2.52. The monoisotopic (exact) mass is 229 g/mol. The van der Waals surface area contributed by atoms with Crippen LogP contribution in [0.1, 0.15) is 46.5 Å². The Hall–Kier alpha value is -0.610. The summed E-state index contributed by atoms with van der Waals surface area (Å²) in [5.41, 5.74) is 5.40. The molecule has 2 N–H and O–H groups in total. The molecule has 4 heteroatoms. The van der Waals surface area contributed by atoms with Crippen LogP contribution in [-0.4, -0.2) is 30.3 Å². The summed E-state index contributed by atoms with van der Waals surface area (Å²) in [4.78, 5) is 11.4. The Morgan fingerprint density at radius 2 is 2.06 bits per heavy atom. The Bertz CT molecular complexity index is 235. The lowest BCUT2D eigenvalue weighted by molar-refractivity contribution is -0.162. The zero-order chi connectivity index (χ0) is 12.2. The van der Waals surface area contributed by atoms with E-state index in [1.54, 1.807) is 0 Å². The van der Waals surface area contributed by atoms with Gasteiger partial charge in [0.05, 0.1) is 6.10 Å². The second-order valence-corrected chi connectivity index (χ2v) is 5.45. The van der Waals surface area contributed by atoms with E-state index in [4.69, 9.17) is 15.2 Å². The first-order chi connectivity index (χ1) is 7.37. The van der Waals surface area contributed by atoms with E-state index in [-0.39, 0.29) is 24.7 Å². The number of carbonyl (C=O) groups is 1. The highest BCUT2D eigenvalue weighted by Crippen LogP contribution is 2.19. The van der Waals surface area contributed by atoms with Gasteiger partial charge in [0.1, 0.15) is 12.2 Å². The molecular weight excluding hydrogens is 206 g/mol. The van der Waals surface area contributed by atoms with Crippen molar-refractivity contribution in [3.8, 4) is 0 Å². The summed E-state index contributed by atoms with van der Waals surface area (Å²) >= 11 is 0. The van der Waals surface area contributed by atoms with E-state index in [9.17, 15) is 4.79 Å².